The van der Waals surface area contributed by atoms with Crippen LogP contribution < -0.4 is 11.3 Å². The van der Waals surface area contributed by atoms with Crippen molar-refractivity contribution in [2.75, 3.05) is 14.1 Å². The van der Waals surface area contributed by atoms with Gasteiger partial charge in [-0.1, -0.05) is 33.1 Å². The van der Waals surface area contributed by atoms with Crippen molar-refractivity contribution in [1.82, 2.24) is 10.3 Å². The van der Waals surface area contributed by atoms with Crippen molar-refractivity contribution in [3.63, 3.8) is 0 Å². The van der Waals surface area contributed by atoms with Gasteiger partial charge in [-0.3, -0.25) is 11.3 Å². The van der Waals surface area contributed by atoms with Crippen molar-refractivity contribution in [2.24, 2.45) is 11.8 Å². The van der Waals surface area contributed by atoms with Crippen LogP contribution in [0.3, 0.4) is 0 Å². The fraction of sp³-hybridized carbons (Fsp3) is 1.00. The van der Waals surface area contributed by atoms with Crippen LogP contribution in [0.5, 0.6) is 0 Å². The van der Waals surface area contributed by atoms with Gasteiger partial charge < -0.3 is 4.90 Å². The number of likely N-dealkylation sites (N-methyl/N-ethyl adjacent to an activating group) is 1. The van der Waals surface area contributed by atoms with E-state index in [1.807, 2.05) is 0 Å². The Hall–Kier alpha value is -0.120. The zero-order chi connectivity index (χ0) is 13.6. The standard InChI is InChI=1S/C15H33N3/c1-5-6-7-8-14(17-16)15(18(3)4)11-9-13(2)10-12-15/h13-14,17H,5-12,16H2,1-4H3. The topological polar surface area (TPSA) is 41.3 Å². The van der Waals surface area contributed by atoms with Crippen molar-refractivity contribution < 1.29 is 0 Å². The van der Waals surface area contributed by atoms with Crippen LogP contribution in [0.4, 0.5) is 0 Å². The maximum atomic E-state index is 5.87. The molecule has 0 saturated heterocycles. The summed E-state index contributed by atoms with van der Waals surface area (Å²) in [4.78, 5) is 2.43. The lowest BCUT2D eigenvalue weighted by Gasteiger charge is -2.49. The third-order valence-corrected chi connectivity index (χ3v) is 4.98. The number of nitrogens with one attached hydrogen (secondary N) is 1. The van der Waals surface area contributed by atoms with Gasteiger partial charge in [0, 0.05) is 11.6 Å². The molecule has 18 heavy (non-hydrogen) atoms. The first-order valence-corrected chi connectivity index (χ1v) is 7.70. The zero-order valence-corrected chi connectivity index (χ0v) is 12.8. The van der Waals surface area contributed by atoms with Crippen LogP contribution in [0.15, 0.2) is 0 Å². The van der Waals surface area contributed by atoms with Crippen LogP contribution >= 0.6 is 0 Å². The molecule has 1 unspecified atom stereocenters. The maximum Gasteiger partial charge on any atom is 0.0394 e. The summed E-state index contributed by atoms with van der Waals surface area (Å²) in [7, 11) is 4.44. The normalized spacial score (nSPS) is 30.7. The summed E-state index contributed by atoms with van der Waals surface area (Å²) in [6.07, 6.45) is 10.3. The van der Waals surface area contributed by atoms with Gasteiger partial charge in [0.1, 0.15) is 0 Å². The fourth-order valence-electron chi connectivity index (χ4n) is 3.47. The molecule has 3 heteroatoms. The first-order valence-electron chi connectivity index (χ1n) is 7.70. The summed E-state index contributed by atoms with van der Waals surface area (Å²) in [5.74, 6) is 6.75. The van der Waals surface area contributed by atoms with Gasteiger partial charge in [0.25, 0.3) is 0 Å². The highest BCUT2D eigenvalue weighted by Gasteiger charge is 2.42. The molecule has 3 N–H and O–H groups in total. The highest BCUT2D eigenvalue weighted by atomic mass is 15.3. The van der Waals surface area contributed by atoms with Crippen LogP contribution in [0.2, 0.25) is 0 Å². The Balaban J connectivity index is 2.68. The molecule has 0 heterocycles. The van der Waals surface area contributed by atoms with Gasteiger partial charge in [0.2, 0.25) is 0 Å². The Labute approximate surface area is 113 Å². The van der Waals surface area contributed by atoms with Crippen LogP contribution in [-0.4, -0.2) is 30.6 Å². The second-order valence-corrected chi connectivity index (χ2v) is 6.40. The van der Waals surface area contributed by atoms with Crippen molar-refractivity contribution in [2.45, 2.75) is 76.8 Å². The summed E-state index contributed by atoms with van der Waals surface area (Å²) in [5, 5.41) is 0. The number of nitrogens with two attached hydrogens (primary N) is 1. The Kier molecular flexibility index (Phi) is 6.61. The van der Waals surface area contributed by atoms with E-state index in [1.165, 1.54) is 51.4 Å². The lowest BCUT2D eigenvalue weighted by Crippen LogP contribution is -2.61. The van der Waals surface area contributed by atoms with E-state index in [9.17, 15) is 0 Å². The summed E-state index contributed by atoms with van der Waals surface area (Å²) in [6, 6.07) is 0.437. The van der Waals surface area contributed by atoms with E-state index in [-0.39, 0.29) is 5.54 Å². The van der Waals surface area contributed by atoms with E-state index in [1.54, 1.807) is 0 Å². The molecule has 1 atom stereocenters. The second kappa shape index (κ2) is 7.46. The summed E-state index contributed by atoms with van der Waals surface area (Å²) in [5.41, 5.74) is 3.40. The van der Waals surface area contributed by atoms with Crippen molar-refractivity contribution >= 4 is 0 Å². The zero-order valence-electron chi connectivity index (χ0n) is 12.8. The molecule has 0 aromatic carbocycles. The number of rotatable bonds is 7. The quantitative estimate of drug-likeness (QED) is 0.417. The number of nitrogens with zero attached hydrogens (tertiary/aromatic N) is 1. The van der Waals surface area contributed by atoms with Crippen LogP contribution in [0, 0.1) is 5.92 Å². The molecule has 3 nitrogen and oxygen atoms in total. The molecule has 0 bridgehead atoms. The molecule has 1 aliphatic carbocycles. The third kappa shape index (κ3) is 3.69. The summed E-state index contributed by atoms with van der Waals surface area (Å²) in [6.45, 7) is 4.64. The fourth-order valence-corrected chi connectivity index (χ4v) is 3.47. The molecular weight excluding hydrogens is 222 g/mol. The summed E-state index contributed by atoms with van der Waals surface area (Å²) >= 11 is 0. The molecule has 0 spiro atoms. The monoisotopic (exact) mass is 255 g/mol. The predicted octanol–water partition coefficient (Wildman–Crippen LogP) is 2.91. The number of hydrogen-bond acceptors (Lipinski definition) is 3. The predicted molar refractivity (Wildman–Crippen MR) is 79.3 cm³/mol. The van der Waals surface area contributed by atoms with Crippen LogP contribution in [0.1, 0.15) is 65.2 Å². The average molecular weight is 255 g/mol. The lowest BCUT2D eigenvalue weighted by atomic mass is 9.71. The van der Waals surface area contributed by atoms with Crippen molar-refractivity contribution in [3.05, 3.63) is 0 Å². The molecule has 0 aromatic heterocycles. The molecule has 0 amide bonds. The summed E-state index contributed by atoms with van der Waals surface area (Å²) < 4.78 is 0. The van der Waals surface area contributed by atoms with Gasteiger partial charge in [-0.2, -0.15) is 0 Å². The molecule has 0 aromatic rings. The Morgan fingerprint density at radius 1 is 1.28 bits per heavy atom. The van der Waals surface area contributed by atoms with Crippen molar-refractivity contribution in [3.8, 4) is 0 Å². The Bertz CT molecular complexity index is 220. The van der Waals surface area contributed by atoms with E-state index in [2.05, 4.69) is 38.3 Å². The number of hydrogen-bond donors (Lipinski definition) is 2. The van der Waals surface area contributed by atoms with E-state index >= 15 is 0 Å². The number of hydrazine groups is 1. The molecule has 1 rings (SSSR count). The maximum absolute atomic E-state index is 5.87. The Morgan fingerprint density at radius 3 is 2.33 bits per heavy atom. The highest BCUT2D eigenvalue weighted by molar-refractivity contribution is 5.00. The third-order valence-electron chi connectivity index (χ3n) is 4.98. The first-order chi connectivity index (χ1) is 8.56. The van der Waals surface area contributed by atoms with Gasteiger partial charge in [-0.15, -0.1) is 0 Å². The Morgan fingerprint density at radius 2 is 1.89 bits per heavy atom. The molecule has 0 aliphatic heterocycles. The average Bonchev–Trinajstić information content (AvgIpc) is 2.36. The van der Waals surface area contributed by atoms with Gasteiger partial charge >= 0.3 is 0 Å². The van der Waals surface area contributed by atoms with Crippen LogP contribution in [-0.2, 0) is 0 Å². The van der Waals surface area contributed by atoms with E-state index in [0.717, 1.165) is 5.92 Å². The first kappa shape index (κ1) is 15.9. The van der Waals surface area contributed by atoms with E-state index in [0.29, 0.717) is 6.04 Å². The largest absolute Gasteiger partial charge is 0.302 e. The molecular formula is C15H33N3. The van der Waals surface area contributed by atoms with Crippen molar-refractivity contribution in [1.29, 1.82) is 0 Å². The molecule has 1 aliphatic rings. The highest BCUT2D eigenvalue weighted by Crippen LogP contribution is 2.38. The minimum atomic E-state index is 0.273. The van der Waals surface area contributed by atoms with E-state index < -0.39 is 0 Å². The lowest BCUT2D eigenvalue weighted by molar-refractivity contribution is 0.0394. The van der Waals surface area contributed by atoms with E-state index in [4.69, 9.17) is 5.84 Å². The SMILES string of the molecule is CCCCCC(NN)C1(N(C)C)CCC(C)CC1. The number of unbranched alkanes of at least 4 members (excludes halogenated alkanes) is 2. The van der Waals surface area contributed by atoms with Gasteiger partial charge in [-0.05, 0) is 52.1 Å². The molecule has 1 saturated carbocycles. The second-order valence-electron chi connectivity index (χ2n) is 6.40. The van der Waals surface area contributed by atoms with Crippen LogP contribution in [0.25, 0.3) is 0 Å². The molecule has 1 fully saturated rings. The minimum Gasteiger partial charge on any atom is -0.302 e. The minimum absolute atomic E-state index is 0.273. The van der Waals surface area contributed by atoms with Gasteiger partial charge in [-0.25, -0.2) is 0 Å². The molecule has 0 radical (unpaired) electrons. The van der Waals surface area contributed by atoms with Gasteiger partial charge in [0.05, 0.1) is 0 Å². The smallest absolute Gasteiger partial charge is 0.0394 e. The van der Waals surface area contributed by atoms with Gasteiger partial charge in [0.15, 0.2) is 0 Å². The molecule has 108 valence electrons.